The van der Waals surface area contributed by atoms with E-state index in [1.807, 2.05) is 26.4 Å². The van der Waals surface area contributed by atoms with Gasteiger partial charge in [0.1, 0.15) is 0 Å². The summed E-state index contributed by atoms with van der Waals surface area (Å²) < 4.78 is 1.74. The van der Waals surface area contributed by atoms with Crippen LogP contribution in [0.5, 0.6) is 0 Å². The van der Waals surface area contributed by atoms with E-state index in [4.69, 9.17) is 0 Å². The van der Waals surface area contributed by atoms with Gasteiger partial charge in [0.2, 0.25) is 0 Å². The van der Waals surface area contributed by atoms with Gasteiger partial charge in [-0.25, -0.2) is 0 Å². The summed E-state index contributed by atoms with van der Waals surface area (Å²) in [5.41, 5.74) is 0.200. The number of likely N-dealkylation sites (N-methyl/N-ethyl adjacent to an activating group) is 1. The van der Waals surface area contributed by atoms with E-state index < -0.39 is 5.60 Å². The van der Waals surface area contributed by atoms with E-state index in [-0.39, 0.29) is 0 Å². The maximum atomic E-state index is 9.87. The monoisotopic (exact) mass is 183 g/mol. The summed E-state index contributed by atoms with van der Waals surface area (Å²) >= 11 is 0. The van der Waals surface area contributed by atoms with E-state index in [9.17, 15) is 5.11 Å². The zero-order valence-electron chi connectivity index (χ0n) is 8.41. The molecule has 4 heteroatoms. The van der Waals surface area contributed by atoms with Gasteiger partial charge < -0.3 is 10.4 Å². The lowest BCUT2D eigenvalue weighted by Gasteiger charge is -2.21. The average molecular weight is 183 g/mol. The second kappa shape index (κ2) is 3.89. The molecule has 1 rings (SSSR count). The van der Waals surface area contributed by atoms with Crippen molar-refractivity contribution >= 4 is 0 Å². The van der Waals surface area contributed by atoms with Gasteiger partial charge in [0, 0.05) is 26.2 Å². The molecule has 0 aliphatic rings. The fourth-order valence-corrected chi connectivity index (χ4v) is 1.39. The molecular formula is C9H17N3O. The predicted molar refractivity (Wildman–Crippen MR) is 51.5 cm³/mol. The minimum absolute atomic E-state index is 0.573. The molecule has 0 saturated heterocycles. The lowest BCUT2D eigenvalue weighted by Crippen LogP contribution is -2.38. The van der Waals surface area contributed by atoms with Crippen molar-refractivity contribution in [3.8, 4) is 0 Å². The van der Waals surface area contributed by atoms with Gasteiger partial charge in [-0.2, -0.15) is 5.10 Å². The Bertz CT molecular complexity index is 268. The summed E-state index contributed by atoms with van der Waals surface area (Å²) in [6.07, 6.45) is 2.46. The first-order chi connectivity index (χ1) is 6.03. The Morgan fingerprint density at radius 1 is 1.69 bits per heavy atom. The molecule has 1 unspecified atom stereocenters. The molecule has 4 nitrogen and oxygen atoms in total. The van der Waals surface area contributed by atoms with Crippen molar-refractivity contribution in [3.63, 3.8) is 0 Å². The molecule has 0 fully saturated rings. The Hall–Kier alpha value is -0.870. The van der Waals surface area contributed by atoms with Crippen LogP contribution in [0.15, 0.2) is 12.3 Å². The summed E-state index contributed by atoms with van der Waals surface area (Å²) in [4.78, 5) is 0. The van der Waals surface area contributed by atoms with Crippen molar-refractivity contribution < 1.29 is 5.11 Å². The Morgan fingerprint density at radius 3 is 2.85 bits per heavy atom. The Morgan fingerprint density at radius 2 is 2.38 bits per heavy atom. The van der Waals surface area contributed by atoms with Gasteiger partial charge in [-0.15, -0.1) is 0 Å². The second-order valence-corrected chi connectivity index (χ2v) is 3.68. The van der Waals surface area contributed by atoms with Crippen molar-refractivity contribution in [2.24, 2.45) is 7.05 Å². The van der Waals surface area contributed by atoms with E-state index in [0.29, 0.717) is 13.0 Å². The third-order valence-corrected chi connectivity index (χ3v) is 1.89. The van der Waals surface area contributed by atoms with Gasteiger partial charge in [-0.3, -0.25) is 4.68 Å². The normalized spacial score (nSPS) is 15.7. The molecule has 1 aromatic heterocycles. The first-order valence-corrected chi connectivity index (χ1v) is 4.39. The lowest BCUT2D eigenvalue weighted by atomic mass is 10.0. The molecule has 0 aliphatic carbocycles. The fourth-order valence-electron chi connectivity index (χ4n) is 1.39. The molecule has 0 radical (unpaired) electrons. The summed E-state index contributed by atoms with van der Waals surface area (Å²) in [7, 11) is 3.70. The number of aliphatic hydroxyl groups is 1. The fraction of sp³-hybridized carbons (Fsp3) is 0.667. The summed E-state index contributed by atoms with van der Waals surface area (Å²) in [6, 6.07) is 1.92. The highest BCUT2D eigenvalue weighted by Crippen LogP contribution is 2.09. The first kappa shape index (κ1) is 10.2. The minimum atomic E-state index is -0.719. The molecule has 1 heterocycles. The van der Waals surface area contributed by atoms with Crippen LogP contribution in [0.1, 0.15) is 12.6 Å². The van der Waals surface area contributed by atoms with Crippen LogP contribution in [-0.4, -0.2) is 34.1 Å². The first-order valence-electron chi connectivity index (χ1n) is 4.39. The van der Waals surface area contributed by atoms with E-state index in [1.54, 1.807) is 11.6 Å². The summed E-state index contributed by atoms with van der Waals surface area (Å²) in [6.45, 7) is 2.38. The highest BCUT2D eigenvalue weighted by molar-refractivity contribution is 5.03. The molecule has 13 heavy (non-hydrogen) atoms. The maximum Gasteiger partial charge on any atom is 0.0799 e. The average Bonchev–Trinajstić information content (AvgIpc) is 2.34. The largest absolute Gasteiger partial charge is 0.388 e. The molecule has 0 saturated carbocycles. The number of hydrogen-bond acceptors (Lipinski definition) is 3. The number of aromatic nitrogens is 2. The molecular weight excluding hydrogens is 166 g/mol. The molecule has 1 atom stereocenters. The van der Waals surface area contributed by atoms with E-state index in [1.165, 1.54) is 0 Å². The van der Waals surface area contributed by atoms with Gasteiger partial charge in [0.05, 0.1) is 11.3 Å². The van der Waals surface area contributed by atoms with Crippen molar-refractivity contribution in [1.82, 2.24) is 15.1 Å². The zero-order chi connectivity index (χ0) is 9.90. The zero-order valence-corrected chi connectivity index (χ0v) is 8.41. The molecule has 74 valence electrons. The van der Waals surface area contributed by atoms with Gasteiger partial charge in [-0.1, -0.05) is 0 Å². The van der Waals surface area contributed by atoms with E-state index >= 15 is 0 Å². The Kier molecular flexibility index (Phi) is 3.06. The van der Waals surface area contributed by atoms with Crippen LogP contribution in [-0.2, 0) is 13.5 Å². The van der Waals surface area contributed by atoms with Crippen LogP contribution < -0.4 is 5.32 Å². The highest BCUT2D eigenvalue weighted by Gasteiger charge is 2.20. The highest BCUT2D eigenvalue weighted by atomic mass is 16.3. The number of hydrogen-bond donors (Lipinski definition) is 2. The molecule has 0 spiro atoms. The number of nitrogens with zero attached hydrogens (tertiary/aromatic N) is 2. The quantitative estimate of drug-likeness (QED) is 0.687. The third kappa shape index (κ3) is 3.16. The summed E-state index contributed by atoms with van der Waals surface area (Å²) in [5.74, 6) is 0. The van der Waals surface area contributed by atoms with Crippen molar-refractivity contribution in [2.75, 3.05) is 13.6 Å². The van der Waals surface area contributed by atoms with Crippen LogP contribution in [0.4, 0.5) is 0 Å². The molecule has 1 aromatic rings. The van der Waals surface area contributed by atoms with Crippen LogP contribution >= 0.6 is 0 Å². The standard InChI is InChI=1S/C9H17N3O/c1-9(13,7-10-2)6-8-4-5-12(3)11-8/h4-5,10,13H,6-7H2,1-3H3. The summed E-state index contributed by atoms with van der Waals surface area (Å²) in [5, 5.41) is 17.0. The lowest BCUT2D eigenvalue weighted by molar-refractivity contribution is 0.0611. The SMILES string of the molecule is CNCC(C)(O)Cc1ccn(C)n1. The molecule has 2 N–H and O–H groups in total. The number of aryl methyl sites for hydroxylation is 1. The number of rotatable bonds is 4. The van der Waals surface area contributed by atoms with Gasteiger partial charge in [-0.05, 0) is 20.0 Å². The van der Waals surface area contributed by atoms with E-state index in [0.717, 1.165) is 5.69 Å². The van der Waals surface area contributed by atoms with Gasteiger partial charge >= 0.3 is 0 Å². The minimum Gasteiger partial charge on any atom is -0.388 e. The number of nitrogens with one attached hydrogen (secondary N) is 1. The molecule has 0 aliphatic heterocycles. The smallest absolute Gasteiger partial charge is 0.0799 e. The Balaban J connectivity index is 2.57. The van der Waals surface area contributed by atoms with Crippen LogP contribution in [0.3, 0.4) is 0 Å². The Labute approximate surface area is 78.6 Å². The van der Waals surface area contributed by atoms with Crippen molar-refractivity contribution in [1.29, 1.82) is 0 Å². The predicted octanol–water partition coefficient (Wildman–Crippen LogP) is -0.0670. The van der Waals surface area contributed by atoms with Crippen LogP contribution in [0, 0.1) is 0 Å². The maximum absolute atomic E-state index is 9.87. The van der Waals surface area contributed by atoms with Gasteiger partial charge in [0.15, 0.2) is 0 Å². The second-order valence-electron chi connectivity index (χ2n) is 3.68. The molecule has 0 amide bonds. The van der Waals surface area contributed by atoms with Gasteiger partial charge in [0.25, 0.3) is 0 Å². The van der Waals surface area contributed by atoms with Crippen molar-refractivity contribution in [3.05, 3.63) is 18.0 Å². The topological polar surface area (TPSA) is 50.1 Å². The van der Waals surface area contributed by atoms with E-state index in [2.05, 4.69) is 10.4 Å². The third-order valence-electron chi connectivity index (χ3n) is 1.89. The van der Waals surface area contributed by atoms with Crippen molar-refractivity contribution in [2.45, 2.75) is 18.9 Å². The van der Waals surface area contributed by atoms with Crippen LogP contribution in [0.2, 0.25) is 0 Å². The van der Waals surface area contributed by atoms with Crippen LogP contribution in [0.25, 0.3) is 0 Å². The molecule has 0 bridgehead atoms. The molecule has 0 aromatic carbocycles.